The van der Waals surface area contributed by atoms with Gasteiger partial charge in [-0.3, -0.25) is 0 Å². The lowest BCUT2D eigenvalue weighted by Crippen LogP contribution is -2.47. The molecule has 0 bridgehead atoms. The Morgan fingerprint density at radius 2 is 2.00 bits per heavy atom. The molecule has 0 atom stereocenters. The lowest BCUT2D eigenvalue weighted by Gasteiger charge is -2.32. The highest BCUT2D eigenvalue weighted by atomic mass is 35.5. The molecular formula is C10H16ClN5. The lowest BCUT2D eigenvalue weighted by molar-refractivity contribution is 0.178. The Morgan fingerprint density at radius 3 is 2.62 bits per heavy atom. The predicted octanol–water partition coefficient (Wildman–Crippen LogP) is 0.891. The van der Waals surface area contributed by atoms with Crippen LogP contribution in [-0.4, -0.2) is 48.1 Å². The maximum Gasteiger partial charge on any atom is 0.144 e. The monoisotopic (exact) mass is 241 g/mol. The molecule has 0 unspecified atom stereocenters. The number of nitrogens with two attached hydrogens (primary N) is 1. The number of pyridine rings is 1. The van der Waals surface area contributed by atoms with E-state index in [1.54, 1.807) is 12.1 Å². The summed E-state index contributed by atoms with van der Waals surface area (Å²) in [5.41, 5.74) is 8.84. The van der Waals surface area contributed by atoms with Crippen molar-refractivity contribution in [2.24, 2.45) is 0 Å². The Labute approximate surface area is 100 Å². The van der Waals surface area contributed by atoms with E-state index in [4.69, 9.17) is 17.3 Å². The molecule has 3 N–H and O–H groups in total. The van der Waals surface area contributed by atoms with Crippen molar-refractivity contribution >= 4 is 23.2 Å². The van der Waals surface area contributed by atoms with Gasteiger partial charge in [0.1, 0.15) is 11.6 Å². The van der Waals surface area contributed by atoms with Crippen LogP contribution in [0.15, 0.2) is 12.1 Å². The van der Waals surface area contributed by atoms with Crippen LogP contribution < -0.4 is 11.2 Å². The molecule has 1 aromatic rings. The molecule has 0 amide bonds. The molecule has 2 rings (SSSR count). The van der Waals surface area contributed by atoms with E-state index >= 15 is 0 Å². The Bertz CT molecular complexity index is 342. The summed E-state index contributed by atoms with van der Waals surface area (Å²) in [4.78, 5) is 6.46. The van der Waals surface area contributed by atoms with Gasteiger partial charge in [0.05, 0.1) is 0 Å². The molecule has 0 aromatic carbocycles. The number of nitrogens with zero attached hydrogens (tertiary/aromatic N) is 3. The van der Waals surface area contributed by atoms with Gasteiger partial charge < -0.3 is 16.1 Å². The second kappa shape index (κ2) is 4.86. The zero-order valence-corrected chi connectivity index (χ0v) is 10.0. The normalized spacial score (nSPS) is 18.6. The summed E-state index contributed by atoms with van der Waals surface area (Å²) < 4.78 is 0. The second-order valence-corrected chi connectivity index (χ2v) is 4.43. The maximum absolute atomic E-state index is 5.90. The number of piperazine rings is 1. The van der Waals surface area contributed by atoms with Crippen LogP contribution in [0.3, 0.4) is 0 Å². The first-order valence-corrected chi connectivity index (χ1v) is 5.64. The van der Waals surface area contributed by atoms with Crippen LogP contribution in [0.5, 0.6) is 0 Å². The highest BCUT2D eigenvalue weighted by molar-refractivity contribution is 6.31. The van der Waals surface area contributed by atoms with E-state index in [2.05, 4.69) is 27.4 Å². The van der Waals surface area contributed by atoms with Gasteiger partial charge in [-0.2, -0.15) is 0 Å². The Balaban J connectivity index is 1.98. The van der Waals surface area contributed by atoms with Gasteiger partial charge in [-0.1, -0.05) is 11.6 Å². The van der Waals surface area contributed by atoms with E-state index in [0.29, 0.717) is 16.7 Å². The van der Waals surface area contributed by atoms with E-state index in [9.17, 15) is 0 Å². The van der Waals surface area contributed by atoms with Gasteiger partial charge in [0.2, 0.25) is 0 Å². The molecular weight excluding hydrogens is 226 g/mol. The number of hydrogen-bond donors (Lipinski definition) is 2. The first kappa shape index (κ1) is 11.4. The fraction of sp³-hybridized carbons (Fsp3) is 0.500. The van der Waals surface area contributed by atoms with E-state index in [1.807, 2.05) is 0 Å². The maximum atomic E-state index is 5.90. The van der Waals surface area contributed by atoms with Crippen LogP contribution in [0, 0.1) is 0 Å². The van der Waals surface area contributed by atoms with Gasteiger partial charge >= 0.3 is 0 Å². The number of nitrogens with one attached hydrogen (secondary N) is 1. The van der Waals surface area contributed by atoms with Gasteiger partial charge in [0.15, 0.2) is 0 Å². The van der Waals surface area contributed by atoms with E-state index in [1.165, 1.54) is 0 Å². The summed E-state index contributed by atoms with van der Waals surface area (Å²) >= 11 is 5.90. The van der Waals surface area contributed by atoms with Crippen LogP contribution in [0.25, 0.3) is 0 Å². The van der Waals surface area contributed by atoms with Crippen molar-refractivity contribution in [1.82, 2.24) is 14.9 Å². The highest BCUT2D eigenvalue weighted by Crippen LogP contribution is 2.17. The molecule has 16 heavy (non-hydrogen) atoms. The van der Waals surface area contributed by atoms with E-state index in [-0.39, 0.29) is 0 Å². The topological polar surface area (TPSA) is 57.4 Å². The SMILES string of the molecule is CN1CCN(Nc2cc(Cl)cc(N)n2)CC1. The van der Waals surface area contributed by atoms with Crippen molar-refractivity contribution in [3.63, 3.8) is 0 Å². The molecule has 1 saturated heterocycles. The fourth-order valence-corrected chi connectivity index (χ4v) is 1.87. The fourth-order valence-electron chi connectivity index (χ4n) is 1.65. The summed E-state index contributed by atoms with van der Waals surface area (Å²) in [5.74, 6) is 1.14. The molecule has 1 aliphatic rings. The summed E-state index contributed by atoms with van der Waals surface area (Å²) in [7, 11) is 2.12. The average Bonchev–Trinajstić information content (AvgIpc) is 2.20. The van der Waals surface area contributed by atoms with Crippen LogP contribution >= 0.6 is 11.6 Å². The van der Waals surface area contributed by atoms with Crippen molar-refractivity contribution in [3.05, 3.63) is 17.2 Å². The Morgan fingerprint density at radius 1 is 1.31 bits per heavy atom. The van der Waals surface area contributed by atoms with Gasteiger partial charge in [-0.15, -0.1) is 0 Å². The number of anilines is 2. The molecule has 6 heteroatoms. The molecule has 2 heterocycles. The third-order valence-corrected chi connectivity index (χ3v) is 2.80. The predicted molar refractivity (Wildman–Crippen MR) is 66.4 cm³/mol. The van der Waals surface area contributed by atoms with E-state index < -0.39 is 0 Å². The zero-order valence-electron chi connectivity index (χ0n) is 9.28. The van der Waals surface area contributed by atoms with Crippen molar-refractivity contribution < 1.29 is 0 Å². The van der Waals surface area contributed by atoms with Gasteiger partial charge in [-0.05, 0) is 13.1 Å². The molecule has 88 valence electrons. The van der Waals surface area contributed by atoms with Gasteiger partial charge in [-0.25, -0.2) is 9.99 Å². The summed E-state index contributed by atoms with van der Waals surface area (Å²) in [6.07, 6.45) is 0. The third-order valence-electron chi connectivity index (χ3n) is 2.59. The highest BCUT2D eigenvalue weighted by Gasteiger charge is 2.13. The Hall–Kier alpha value is -1.04. The number of hydrogen-bond acceptors (Lipinski definition) is 5. The molecule has 5 nitrogen and oxygen atoms in total. The number of rotatable bonds is 2. The number of likely N-dealkylation sites (N-methyl/N-ethyl adjacent to an activating group) is 1. The molecule has 0 radical (unpaired) electrons. The summed E-state index contributed by atoms with van der Waals surface area (Å²) in [6, 6.07) is 3.41. The van der Waals surface area contributed by atoms with Crippen LogP contribution in [-0.2, 0) is 0 Å². The van der Waals surface area contributed by atoms with Gasteiger partial charge in [0.25, 0.3) is 0 Å². The minimum Gasteiger partial charge on any atom is -0.384 e. The molecule has 1 fully saturated rings. The van der Waals surface area contributed by atoms with Crippen LogP contribution in [0.2, 0.25) is 5.02 Å². The number of aromatic nitrogens is 1. The third kappa shape index (κ3) is 2.98. The molecule has 0 aliphatic carbocycles. The van der Waals surface area contributed by atoms with E-state index in [0.717, 1.165) is 26.2 Å². The van der Waals surface area contributed by atoms with Crippen LogP contribution in [0.4, 0.5) is 11.6 Å². The standard InChI is InChI=1S/C10H16ClN5/c1-15-2-4-16(5-3-15)14-10-7-8(11)6-9(12)13-10/h6-7H,2-5H2,1H3,(H3,12,13,14). The molecule has 0 spiro atoms. The summed E-state index contributed by atoms with van der Waals surface area (Å²) in [5, 5.41) is 2.72. The largest absolute Gasteiger partial charge is 0.384 e. The minimum atomic E-state index is 0.434. The molecule has 1 aliphatic heterocycles. The van der Waals surface area contributed by atoms with Crippen molar-refractivity contribution in [3.8, 4) is 0 Å². The quantitative estimate of drug-likeness (QED) is 0.806. The number of halogens is 1. The Kier molecular flexibility index (Phi) is 3.48. The van der Waals surface area contributed by atoms with Crippen molar-refractivity contribution in [1.29, 1.82) is 0 Å². The first-order chi connectivity index (χ1) is 7.63. The van der Waals surface area contributed by atoms with Gasteiger partial charge in [0, 0.05) is 37.3 Å². The lowest BCUT2D eigenvalue weighted by atomic mass is 10.4. The molecule has 1 aromatic heterocycles. The zero-order chi connectivity index (χ0) is 11.5. The smallest absolute Gasteiger partial charge is 0.144 e. The minimum absolute atomic E-state index is 0.434. The summed E-state index contributed by atoms with van der Waals surface area (Å²) in [6.45, 7) is 4.02. The van der Waals surface area contributed by atoms with Crippen LogP contribution in [0.1, 0.15) is 0 Å². The first-order valence-electron chi connectivity index (χ1n) is 5.27. The average molecular weight is 242 g/mol. The second-order valence-electron chi connectivity index (χ2n) is 4.00. The number of nitrogen functional groups attached to an aromatic ring is 1. The van der Waals surface area contributed by atoms with Crippen molar-refractivity contribution in [2.75, 3.05) is 44.4 Å². The number of hydrazine groups is 1. The molecule has 0 saturated carbocycles. The van der Waals surface area contributed by atoms with Crippen molar-refractivity contribution in [2.45, 2.75) is 0 Å².